The Bertz CT molecular complexity index is 723. The molecule has 0 radical (unpaired) electrons. The first-order valence-corrected chi connectivity index (χ1v) is 8.45. The molecule has 0 N–H and O–H groups in total. The third-order valence-electron chi connectivity index (χ3n) is 4.21. The number of aromatic nitrogens is 3. The summed E-state index contributed by atoms with van der Waals surface area (Å²) in [6.07, 6.45) is 4.27. The van der Waals surface area contributed by atoms with Crippen LogP contribution in [0.25, 0.3) is 0 Å². The quantitative estimate of drug-likeness (QED) is 0.731. The molecule has 1 saturated heterocycles. The van der Waals surface area contributed by atoms with E-state index in [9.17, 15) is 9.59 Å². The molecule has 8 nitrogen and oxygen atoms in total. The zero-order chi connectivity index (χ0) is 17.6. The Morgan fingerprint density at radius 1 is 1.16 bits per heavy atom. The maximum atomic E-state index is 12.3. The van der Waals surface area contributed by atoms with Gasteiger partial charge in [0.25, 0.3) is 0 Å². The Hall–Kier alpha value is -2.77. The van der Waals surface area contributed by atoms with Gasteiger partial charge in [-0.3, -0.25) is 14.6 Å². The molecule has 3 heterocycles. The Morgan fingerprint density at radius 3 is 2.60 bits per heavy atom. The number of hydrogen-bond donors (Lipinski definition) is 0. The summed E-state index contributed by atoms with van der Waals surface area (Å²) in [6, 6.07) is 3.94. The van der Waals surface area contributed by atoms with Gasteiger partial charge < -0.3 is 14.2 Å². The fourth-order valence-corrected chi connectivity index (χ4v) is 2.71. The second kappa shape index (κ2) is 7.87. The second-order valence-electron chi connectivity index (χ2n) is 5.86. The molecule has 2 aromatic rings. The van der Waals surface area contributed by atoms with Crippen LogP contribution in [0.2, 0.25) is 0 Å². The monoisotopic (exact) mass is 343 g/mol. The van der Waals surface area contributed by atoms with Gasteiger partial charge in [0, 0.05) is 63.4 Å². The normalized spacial score (nSPS) is 14.6. The van der Waals surface area contributed by atoms with Gasteiger partial charge >= 0.3 is 6.01 Å². The fourth-order valence-electron chi connectivity index (χ4n) is 2.71. The summed E-state index contributed by atoms with van der Waals surface area (Å²) >= 11 is 0. The van der Waals surface area contributed by atoms with Gasteiger partial charge in [-0.1, -0.05) is 12.0 Å². The number of aryl methyl sites for hydroxylation is 1. The molecule has 0 saturated carbocycles. The molecule has 0 unspecified atom stereocenters. The topological polar surface area (TPSA) is 92.4 Å². The van der Waals surface area contributed by atoms with Crippen LogP contribution >= 0.6 is 0 Å². The van der Waals surface area contributed by atoms with Gasteiger partial charge in [-0.15, -0.1) is 5.10 Å². The van der Waals surface area contributed by atoms with Crippen molar-refractivity contribution in [3.8, 4) is 0 Å². The van der Waals surface area contributed by atoms with Crippen molar-refractivity contribution >= 4 is 17.7 Å². The van der Waals surface area contributed by atoms with Gasteiger partial charge in [-0.25, -0.2) is 0 Å². The zero-order valence-corrected chi connectivity index (χ0v) is 14.2. The largest absolute Gasteiger partial charge is 0.408 e. The summed E-state index contributed by atoms with van der Waals surface area (Å²) in [6.45, 7) is 4.43. The number of nitrogens with zero attached hydrogens (tertiary/aromatic N) is 5. The Morgan fingerprint density at radius 2 is 1.96 bits per heavy atom. The van der Waals surface area contributed by atoms with E-state index in [1.165, 1.54) is 6.20 Å². The standard InChI is InChI=1S/C17H21N5O3/c1-2-15-19-20-17(25-15)22-10-8-21(9-11-22)16(24)6-5-14(23)13-4-3-7-18-12-13/h3-4,7,12H,2,5-6,8-11H2,1H3. The van der Waals surface area contributed by atoms with Crippen LogP contribution < -0.4 is 4.90 Å². The van der Waals surface area contributed by atoms with Gasteiger partial charge in [0.2, 0.25) is 11.8 Å². The van der Waals surface area contributed by atoms with Crippen LogP contribution in [0, 0.1) is 0 Å². The van der Waals surface area contributed by atoms with Gasteiger partial charge in [-0.2, -0.15) is 0 Å². The van der Waals surface area contributed by atoms with E-state index < -0.39 is 0 Å². The van der Waals surface area contributed by atoms with E-state index in [-0.39, 0.29) is 24.5 Å². The number of carbonyl (C=O) groups is 2. The minimum Gasteiger partial charge on any atom is -0.408 e. The lowest BCUT2D eigenvalue weighted by Gasteiger charge is -2.33. The highest BCUT2D eigenvalue weighted by molar-refractivity contribution is 5.97. The number of piperazine rings is 1. The molecule has 1 aliphatic heterocycles. The van der Waals surface area contributed by atoms with Crippen molar-refractivity contribution in [1.82, 2.24) is 20.1 Å². The first kappa shape index (κ1) is 17.1. The van der Waals surface area contributed by atoms with E-state index in [0.717, 1.165) is 0 Å². The van der Waals surface area contributed by atoms with E-state index in [0.29, 0.717) is 50.1 Å². The van der Waals surface area contributed by atoms with Crippen LogP contribution in [-0.4, -0.2) is 58.0 Å². The minimum absolute atomic E-state index is 0.00309. The van der Waals surface area contributed by atoms with Gasteiger partial charge in [0.1, 0.15) is 0 Å². The van der Waals surface area contributed by atoms with Gasteiger partial charge in [-0.05, 0) is 12.1 Å². The Labute approximate surface area is 145 Å². The first-order chi connectivity index (χ1) is 12.2. The lowest BCUT2D eigenvalue weighted by Crippen LogP contribution is -2.49. The number of ketones is 1. The molecule has 0 aromatic carbocycles. The highest BCUT2D eigenvalue weighted by atomic mass is 16.4. The van der Waals surface area contributed by atoms with Crippen molar-refractivity contribution in [2.24, 2.45) is 0 Å². The highest BCUT2D eigenvalue weighted by Crippen LogP contribution is 2.16. The van der Waals surface area contributed by atoms with E-state index in [1.807, 2.05) is 11.8 Å². The number of pyridine rings is 1. The van der Waals surface area contributed by atoms with Crippen LogP contribution in [0.15, 0.2) is 28.9 Å². The van der Waals surface area contributed by atoms with E-state index >= 15 is 0 Å². The van der Waals surface area contributed by atoms with E-state index in [4.69, 9.17) is 4.42 Å². The molecule has 1 fully saturated rings. The van der Waals surface area contributed by atoms with Gasteiger partial charge in [0.15, 0.2) is 5.78 Å². The maximum absolute atomic E-state index is 12.3. The van der Waals surface area contributed by atoms with Crippen LogP contribution in [-0.2, 0) is 11.2 Å². The molecular formula is C17H21N5O3. The van der Waals surface area contributed by atoms with Crippen LogP contribution in [0.5, 0.6) is 0 Å². The lowest BCUT2D eigenvalue weighted by molar-refractivity contribution is -0.131. The van der Waals surface area contributed by atoms with Crippen molar-refractivity contribution in [3.05, 3.63) is 36.0 Å². The number of Topliss-reactive ketones (excluding diaryl/α,β-unsaturated/α-hetero) is 1. The molecule has 0 bridgehead atoms. The van der Waals surface area contributed by atoms with Crippen molar-refractivity contribution in [2.75, 3.05) is 31.1 Å². The van der Waals surface area contributed by atoms with Crippen LogP contribution in [0.3, 0.4) is 0 Å². The molecule has 0 aliphatic carbocycles. The lowest BCUT2D eigenvalue weighted by atomic mass is 10.1. The van der Waals surface area contributed by atoms with Crippen molar-refractivity contribution in [1.29, 1.82) is 0 Å². The predicted octanol–water partition coefficient (Wildman–Crippen LogP) is 1.34. The number of carbonyl (C=O) groups excluding carboxylic acids is 2. The number of amides is 1. The minimum atomic E-state index is -0.0574. The zero-order valence-electron chi connectivity index (χ0n) is 14.2. The molecule has 2 aromatic heterocycles. The average Bonchev–Trinajstić information content (AvgIpc) is 3.16. The SMILES string of the molecule is CCc1nnc(N2CCN(C(=O)CCC(=O)c3cccnc3)CC2)o1. The van der Waals surface area contributed by atoms with Crippen LogP contribution in [0.1, 0.15) is 36.0 Å². The molecule has 0 atom stereocenters. The molecular weight excluding hydrogens is 322 g/mol. The summed E-state index contributed by atoms with van der Waals surface area (Å²) in [7, 11) is 0. The Balaban J connectivity index is 1.46. The molecule has 1 aliphatic rings. The molecule has 25 heavy (non-hydrogen) atoms. The van der Waals surface area contributed by atoms with Crippen molar-refractivity contribution < 1.29 is 14.0 Å². The van der Waals surface area contributed by atoms with E-state index in [1.54, 1.807) is 23.2 Å². The molecule has 3 rings (SSSR count). The summed E-state index contributed by atoms with van der Waals surface area (Å²) in [5.41, 5.74) is 0.545. The van der Waals surface area contributed by atoms with Crippen molar-refractivity contribution in [3.63, 3.8) is 0 Å². The van der Waals surface area contributed by atoms with Gasteiger partial charge in [0.05, 0.1) is 0 Å². The third kappa shape index (κ3) is 4.20. The first-order valence-electron chi connectivity index (χ1n) is 8.45. The molecule has 132 valence electrons. The summed E-state index contributed by atoms with van der Waals surface area (Å²) in [4.78, 5) is 32.1. The smallest absolute Gasteiger partial charge is 0.318 e. The summed E-state index contributed by atoms with van der Waals surface area (Å²) < 4.78 is 5.55. The molecule has 8 heteroatoms. The van der Waals surface area contributed by atoms with Crippen LogP contribution in [0.4, 0.5) is 6.01 Å². The average molecular weight is 343 g/mol. The fraction of sp³-hybridized carbons (Fsp3) is 0.471. The maximum Gasteiger partial charge on any atom is 0.318 e. The summed E-state index contributed by atoms with van der Waals surface area (Å²) in [5.74, 6) is 0.553. The molecule has 1 amide bonds. The van der Waals surface area contributed by atoms with E-state index in [2.05, 4.69) is 15.2 Å². The molecule has 0 spiro atoms. The van der Waals surface area contributed by atoms with Crippen molar-refractivity contribution in [2.45, 2.75) is 26.2 Å². The highest BCUT2D eigenvalue weighted by Gasteiger charge is 2.24. The Kier molecular flexibility index (Phi) is 5.37. The summed E-state index contributed by atoms with van der Waals surface area (Å²) in [5, 5.41) is 7.99. The number of hydrogen-bond acceptors (Lipinski definition) is 7. The second-order valence-corrected chi connectivity index (χ2v) is 5.86. The predicted molar refractivity (Wildman–Crippen MR) is 90.3 cm³/mol. The number of rotatable bonds is 6. The third-order valence-corrected chi connectivity index (χ3v) is 4.21. The number of anilines is 1.